The molecule has 0 heterocycles. The van der Waals surface area contributed by atoms with Crippen molar-refractivity contribution >= 4 is 24.0 Å². The van der Waals surface area contributed by atoms with Crippen LogP contribution in [0.4, 0.5) is 4.79 Å². The number of benzene rings is 1. The molecule has 0 aliphatic rings. The third kappa shape index (κ3) is 15.7. The van der Waals surface area contributed by atoms with Gasteiger partial charge in [-0.1, -0.05) is 37.3 Å². The molecule has 0 fully saturated rings. The Morgan fingerprint density at radius 1 is 0.906 bits per heavy atom. The molecule has 1 rings (SSSR count). The van der Waals surface area contributed by atoms with Gasteiger partial charge in [0.05, 0.1) is 0 Å². The molecule has 1 unspecified atom stereocenters. The summed E-state index contributed by atoms with van der Waals surface area (Å²) in [6.45, 7) is 12.3. The number of aliphatic carboxylic acids is 1. The highest BCUT2D eigenvalue weighted by Gasteiger charge is 2.23. The first-order chi connectivity index (χ1) is 14.6. The lowest BCUT2D eigenvalue weighted by Gasteiger charge is -2.21. The van der Waals surface area contributed by atoms with Crippen molar-refractivity contribution in [1.82, 2.24) is 5.32 Å². The number of rotatable bonds is 7. The highest BCUT2D eigenvalue weighted by molar-refractivity contribution is 5.91. The van der Waals surface area contributed by atoms with Crippen LogP contribution in [0.15, 0.2) is 30.3 Å². The number of carbonyl (C=O) groups excluding carboxylic acids is 3. The second kappa shape index (κ2) is 13.3. The molecule has 9 nitrogen and oxygen atoms in total. The molecule has 0 aliphatic carbocycles. The molecule has 0 aromatic heterocycles. The van der Waals surface area contributed by atoms with Gasteiger partial charge in [-0.05, 0) is 53.5 Å². The van der Waals surface area contributed by atoms with Gasteiger partial charge in [0.2, 0.25) is 0 Å². The lowest BCUT2D eigenvalue weighted by molar-refractivity contribution is -0.166. The van der Waals surface area contributed by atoms with E-state index < -0.39 is 41.2 Å². The maximum Gasteiger partial charge on any atom is 0.408 e. The molecule has 0 aliphatic heterocycles. The maximum absolute atomic E-state index is 11.3. The molecule has 0 spiro atoms. The van der Waals surface area contributed by atoms with Crippen molar-refractivity contribution in [1.29, 1.82) is 0 Å². The van der Waals surface area contributed by atoms with Gasteiger partial charge in [0, 0.05) is 0 Å². The Morgan fingerprint density at radius 2 is 1.38 bits per heavy atom. The summed E-state index contributed by atoms with van der Waals surface area (Å²) in [5.74, 6) is -2.18. The molecular formula is C23H35NO8. The van der Waals surface area contributed by atoms with Gasteiger partial charge in [0.1, 0.15) is 30.3 Å². The zero-order valence-electron chi connectivity index (χ0n) is 19.9. The lowest BCUT2D eigenvalue weighted by atomic mass is 10.2. The number of carboxylic acid groups (broad SMARTS) is 1. The number of carboxylic acids is 1. The van der Waals surface area contributed by atoms with Crippen molar-refractivity contribution in [2.24, 2.45) is 0 Å². The fourth-order valence-corrected chi connectivity index (χ4v) is 2.12. The van der Waals surface area contributed by atoms with Crippen molar-refractivity contribution in [3.63, 3.8) is 0 Å². The summed E-state index contributed by atoms with van der Waals surface area (Å²) in [5, 5.41) is 11.0. The first kappa shape index (κ1) is 28.9. The van der Waals surface area contributed by atoms with Crippen LogP contribution in [0, 0.1) is 0 Å². The van der Waals surface area contributed by atoms with Crippen LogP contribution in [0.3, 0.4) is 0 Å². The monoisotopic (exact) mass is 453 g/mol. The first-order valence-corrected chi connectivity index (χ1v) is 10.3. The number of amides is 1. The van der Waals surface area contributed by atoms with E-state index in [1.54, 1.807) is 48.5 Å². The van der Waals surface area contributed by atoms with Crippen LogP contribution in [-0.4, -0.2) is 46.4 Å². The van der Waals surface area contributed by atoms with E-state index in [1.807, 2.05) is 30.3 Å². The Morgan fingerprint density at radius 3 is 1.75 bits per heavy atom. The van der Waals surface area contributed by atoms with Crippen LogP contribution in [0.1, 0.15) is 66.9 Å². The van der Waals surface area contributed by atoms with Crippen molar-refractivity contribution in [2.75, 3.05) is 0 Å². The van der Waals surface area contributed by atoms with E-state index in [-0.39, 0.29) is 13.0 Å². The third-order valence-electron chi connectivity index (χ3n) is 3.34. The number of alkyl carbamates (subject to hydrolysis) is 1. The van der Waals surface area contributed by atoms with Gasteiger partial charge in [-0.2, -0.15) is 0 Å². The van der Waals surface area contributed by atoms with E-state index in [1.165, 1.54) is 0 Å². The van der Waals surface area contributed by atoms with E-state index in [2.05, 4.69) is 5.32 Å². The van der Waals surface area contributed by atoms with Crippen LogP contribution < -0.4 is 5.32 Å². The minimum Gasteiger partial charge on any atom is -0.480 e. The molecule has 1 aromatic carbocycles. The molecule has 0 bridgehead atoms. The fraction of sp³-hybridized carbons (Fsp3) is 0.565. The number of esters is 2. The predicted octanol–water partition coefficient (Wildman–Crippen LogP) is 3.84. The van der Waals surface area contributed by atoms with Gasteiger partial charge >= 0.3 is 24.0 Å². The molecular weight excluding hydrogens is 418 g/mol. The van der Waals surface area contributed by atoms with Crippen molar-refractivity contribution in [2.45, 2.75) is 85.2 Å². The topological polar surface area (TPSA) is 128 Å². The van der Waals surface area contributed by atoms with Gasteiger partial charge in [0.15, 0.2) is 0 Å². The molecule has 1 amide bonds. The minimum atomic E-state index is -1.07. The lowest BCUT2D eigenvalue weighted by Crippen LogP contribution is -2.40. The van der Waals surface area contributed by atoms with E-state index in [9.17, 15) is 19.2 Å². The number of nitrogens with one attached hydrogen (secondary N) is 1. The maximum atomic E-state index is 11.3. The van der Waals surface area contributed by atoms with Gasteiger partial charge in [-0.25, -0.2) is 9.59 Å². The van der Waals surface area contributed by atoms with E-state index in [0.717, 1.165) is 5.56 Å². The van der Waals surface area contributed by atoms with Crippen molar-refractivity contribution in [3.8, 4) is 0 Å². The average molecular weight is 454 g/mol. The zero-order chi connectivity index (χ0) is 24.9. The largest absolute Gasteiger partial charge is 0.480 e. The van der Waals surface area contributed by atoms with Crippen LogP contribution in [0.2, 0.25) is 0 Å². The minimum absolute atomic E-state index is 0.128. The Balaban J connectivity index is 0.000000607. The Bertz CT molecular complexity index is 722. The molecule has 1 aromatic rings. The van der Waals surface area contributed by atoms with E-state index >= 15 is 0 Å². The molecule has 0 radical (unpaired) electrons. The second-order valence-corrected chi connectivity index (χ2v) is 8.85. The summed E-state index contributed by atoms with van der Waals surface area (Å²) in [4.78, 5) is 44.4. The second-order valence-electron chi connectivity index (χ2n) is 8.85. The summed E-state index contributed by atoms with van der Waals surface area (Å²) in [5.41, 5.74) is -0.288. The highest BCUT2D eigenvalue weighted by Crippen LogP contribution is 2.11. The molecule has 0 saturated carbocycles. The van der Waals surface area contributed by atoms with Crippen LogP contribution in [0.5, 0.6) is 0 Å². The summed E-state index contributed by atoms with van der Waals surface area (Å²) in [6, 6.07) is 8.27. The molecule has 32 heavy (non-hydrogen) atoms. The molecule has 180 valence electrons. The summed E-state index contributed by atoms with van der Waals surface area (Å²) in [7, 11) is 0. The number of hydrogen-bond acceptors (Lipinski definition) is 7. The highest BCUT2D eigenvalue weighted by atomic mass is 16.6. The Labute approximate surface area is 189 Å². The molecule has 0 saturated heterocycles. The SMILES string of the molecule is CC(C)(C)OC(=O)CC(=O)OC(C)(C)C.CCC(NC(=O)OCc1ccccc1)C(=O)O. The molecule has 2 N–H and O–H groups in total. The summed E-state index contributed by atoms with van der Waals surface area (Å²) in [6.07, 6.45) is -0.743. The zero-order valence-corrected chi connectivity index (χ0v) is 19.9. The van der Waals surface area contributed by atoms with Gasteiger partial charge in [-0.15, -0.1) is 0 Å². The molecule has 9 heteroatoms. The predicted molar refractivity (Wildman–Crippen MR) is 118 cm³/mol. The summed E-state index contributed by atoms with van der Waals surface area (Å²) >= 11 is 0. The number of carbonyl (C=O) groups is 4. The first-order valence-electron chi connectivity index (χ1n) is 10.3. The third-order valence-corrected chi connectivity index (χ3v) is 3.34. The van der Waals surface area contributed by atoms with Crippen LogP contribution >= 0.6 is 0 Å². The van der Waals surface area contributed by atoms with Gasteiger partial charge in [0.25, 0.3) is 0 Å². The van der Waals surface area contributed by atoms with Crippen LogP contribution in [0.25, 0.3) is 0 Å². The van der Waals surface area contributed by atoms with Gasteiger partial charge < -0.3 is 24.6 Å². The molecule has 1 atom stereocenters. The normalized spacial score (nSPS) is 11.8. The van der Waals surface area contributed by atoms with Crippen molar-refractivity contribution < 1.29 is 38.5 Å². The van der Waals surface area contributed by atoms with Gasteiger partial charge in [-0.3, -0.25) is 9.59 Å². The average Bonchev–Trinajstić information content (AvgIpc) is 2.62. The Kier molecular flexibility index (Phi) is 12.0. The fourth-order valence-electron chi connectivity index (χ4n) is 2.12. The van der Waals surface area contributed by atoms with E-state index in [0.29, 0.717) is 6.42 Å². The standard InChI is InChI=1S/C12H15NO4.C11H20O4/c1-2-10(11(14)15)13-12(16)17-8-9-6-4-3-5-7-9;1-10(2,3)14-8(12)7-9(13)15-11(4,5)6/h3-7,10H,2,8H2,1H3,(H,13,16)(H,14,15);7H2,1-6H3. The Hall–Kier alpha value is -3.10. The number of hydrogen-bond donors (Lipinski definition) is 2. The van der Waals surface area contributed by atoms with Crippen molar-refractivity contribution in [3.05, 3.63) is 35.9 Å². The van der Waals surface area contributed by atoms with Crippen LogP contribution in [-0.2, 0) is 35.2 Å². The summed E-state index contributed by atoms with van der Waals surface area (Å²) < 4.78 is 14.9. The van der Waals surface area contributed by atoms with E-state index in [4.69, 9.17) is 19.3 Å². The quantitative estimate of drug-likeness (QED) is 0.362. The number of ether oxygens (including phenoxy) is 3. The smallest absolute Gasteiger partial charge is 0.408 e.